The van der Waals surface area contributed by atoms with Crippen LogP contribution in [0.2, 0.25) is 0 Å². The second kappa shape index (κ2) is 18.9. The molecule has 2 aromatic carbocycles. The third-order valence-corrected chi connectivity index (χ3v) is 7.97. The number of hydrogen-bond donors (Lipinski definition) is 0. The maximum Gasteiger partial charge on any atom is 0.410 e. The Morgan fingerprint density at radius 1 is 0.500 bits per heavy atom. The van der Waals surface area contributed by atoms with Gasteiger partial charge < -0.3 is 38.2 Å². The number of benzene rings is 2. The standard InChI is InChI=1S/2C17H21NO6/c2*1-22-15(19)13-8-14(16(20)23-2)10-18(9-13)17(21)24-11-12-6-4-3-5-7-12/h2*3-7,13-14H,8-11H2,1-2H3/t2*13-,14+. The van der Waals surface area contributed by atoms with Gasteiger partial charge in [-0.2, -0.15) is 0 Å². The summed E-state index contributed by atoms with van der Waals surface area (Å²) in [5.41, 5.74) is 1.72. The summed E-state index contributed by atoms with van der Waals surface area (Å²) in [5.74, 6) is -4.11. The van der Waals surface area contributed by atoms with E-state index < -0.39 is 59.7 Å². The summed E-state index contributed by atoms with van der Waals surface area (Å²) in [6, 6.07) is 18.5. The van der Waals surface area contributed by atoms with E-state index in [0.717, 1.165) is 11.1 Å². The van der Waals surface area contributed by atoms with Crippen LogP contribution >= 0.6 is 0 Å². The van der Waals surface area contributed by atoms with Crippen LogP contribution in [0.5, 0.6) is 0 Å². The number of amides is 2. The molecule has 2 saturated heterocycles. The highest BCUT2D eigenvalue weighted by Gasteiger charge is 2.40. The SMILES string of the molecule is COC(=O)[C@@H]1C[C@H](C(=O)OC)CN(C(=O)OCc2ccccc2)C1.COC(=O)[C@@H]1C[C@H](C(=O)OC)CN(C(=O)OCc2ccccc2)C1. The second-order valence-corrected chi connectivity index (χ2v) is 11.2. The van der Waals surface area contributed by atoms with Crippen molar-refractivity contribution in [1.29, 1.82) is 0 Å². The van der Waals surface area contributed by atoms with Crippen molar-refractivity contribution in [3.63, 3.8) is 0 Å². The number of rotatable bonds is 8. The van der Waals surface area contributed by atoms with Crippen molar-refractivity contribution in [2.45, 2.75) is 26.1 Å². The molecule has 0 unspecified atom stereocenters. The van der Waals surface area contributed by atoms with Crippen LogP contribution < -0.4 is 0 Å². The Labute approximate surface area is 279 Å². The number of ether oxygens (including phenoxy) is 6. The van der Waals surface area contributed by atoms with Crippen molar-refractivity contribution in [2.75, 3.05) is 54.6 Å². The molecule has 0 spiro atoms. The van der Waals surface area contributed by atoms with Crippen molar-refractivity contribution in [1.82, 2.24) is 9.80 Å². The zero-order valence-corrected chi connectivity index (χ0v) is 27.5. The second-order valence-electron chi connectivity index (χ2n) is 11.2. The van der Waals surface area contributed by atoms with Crippen molar-refractivity contribution in [2.24, 2.45) is 23.7 Å². The highest BCUT2D eigenvalue weighted by molar-refractivity contribution is 5.80. The van der Waals surface area contributed by atoms with Crippen LogP contribution in [0.3, 0.4) is 0 Å². The Morgan fingerprint density at radius 2 is 0.771 bits per heavy atom. The molecule has 0 N–H and O–H groups in total. The lowest BCUT2D eigenvalue weighted by atomic mass is 9.89. The maximum atomic E-state index is 12.3. The van der Waals surface area contributed by atoms with E-state index in [1.54, 1.807) is 0 Å². The van der Waals surface area contributed by atoms with E-state index in [9.17, 15) is 28.8 Å². The average molecular weight is 671 g/mol. The molecule has 0 aliphatic carbocycles. The Morgan fingerprint density at radius 3 is 1.02 bits per heavy atom. The Kier molecular flexibility index (Phi) is 14.7. The van der Waals surface area contributed by atoms with E-state index >= 15 is 0 Å². The third kappa shape index (κ3) is 11.0. The van der Waals surface area contributed by atoms with Gasteiger partial charge in [-0.15, -0.1) is 0 Å². The zero-order valence-electron chi connectivity index (χ0n) is 27.5. The van der Waals surface area contributed by atoms with Gasteiger partial charge in [-0.25, -0.2) is 9.59 Å². The molecule has 0 saturated carbocycles. The van der Waals surface area contributed by atoms with Crippen molar-refractivity contribution in [3.8, 4) is 0 Å². The van der Waals surface area contributed by atoms with E-state index in [1.165, 1.54) is 38.2 Å². The molecule has 2 aliphatic rings. The van der Waals surface area contributed by atoms with Crippen LogP contribution in [0.25, 0.3) is 0 Å². The minimum atomic E-state index is -0.572. The molecule has 14 heteroatoms. The summed E-state index contributed by atoms with van der Waals surface area (Å²) in [6.45, 7) is 0.896. The molecule has 48 heavy (non-hydrogen) atoms. The monoisotopic (exact) mass is 670 g/mol. The highest BCUT2D eigenvalue weighted by atomic mass is 16.6. The molecular formula is C34H42N2O12. The smallest absolute Gasteiger partial charge is 0.410 e. The predicted octanol–water partition coefficient (Wildman–Crippen LogP) is 3.21. The van der Waals surface area contributed by atoms with Gasteiger partial charge in [-0.1, -0.05) is 60.7 Å². The van der Waals surface area contributed by atoms with Crippen LogP contribution in [0.15, 0.2) is 60.7 Å². The normalized spacial score (nSPS) is 20.2. The lowest BCUT2D eigenvalue weighted by molar-refractivity contribution is -0.155. The largest absolute Gasteiger partial charge is 0.469 e. The van der Waals surface area contributed by atoms with Gasteiger partial charge in [0.1, 0.15) is 13.2 Å². The van der Waals surface area contributed by atoms with Gasteiger partial charge in [0.2, 0.25) is 0 Å². The van der Waals surface area contributed by atoms with Crippen molar-refractivity contribution < 1.29 is 57.2 Å². The van der Waals surface area contributed by atoms with Gasteiger partial charge in [0.05, 0.1) is 52.1 Å². The molecule has 0 radical (unpaired) electrons. The number of methoxy groups -OCH3 is 4. The predicted molar refractivity (Wildman–Crippen MR) is 168 cm³/mol. The van der Waals surface area contributed by atoms with Crippen LogP contribution in [0.1, 0.15) is 24.0 Å². The van der Waals surface area contributed by atoms with Crippen LogP contribution in [-0.4, -0.2) is 100 Å². The van der Waals surface area contributed by atoms with Crippen LogP contribution in [-0.2, 0) is 60.8 Å². The zero-order chi connectivity index (χ0) is 35.1. The number of hydrogen-bond acceptors (Lipinski definition) is 12. The number of nitrogens with zero attached hydrogens (tertiary/aromatic N) is 2. The number of carbonyl (C=O) groups excluding carboxylic acids is 6. The molecule has 0 aromatic heterocycles. The molecule has 260 valence electrons. The molecule has 2 amide bonds. The summed E-state index contributed by atoms with van der Waals surface area (Å²) in [5, 5.41) is 0. The average Bonchev–Trinajstić information content (AvgIpc) is 3.15. The minimum Gasteiger partial charge on any atom is -0.469 e. The molecule has 4 atom stereocenters. The molecule has 2 aliphatic heterocycles. The molecule has 4 rings (SSSR count). The lowest BCUT2D eigenvalue weighted by Gasteiger charge is -2.34. The Bertz CT molecular complexity index is 1230. The molecule has 2 heterocycles. The number of esters is 4. The summed E-state index contributed by atoms with van der Waals surface area (Å²) < 4.78 is 29.5. The topological polar surface area (TPSA) is 164 Å². The van der Waals surface area contributed by atoms with Gasteiger partial charge in [-0.3, -0.25) is 19.2 Å². The van der Waals surface area contributed by atoms with E-state index in [-0.39, 0.29) is 39.4 Å². The molecule has 2 fully saturated rings. The first-order chi connectivity index (χ1) is 23.1. The number of piperidine rings is 2. The van der Waals surface area contributed by atoms with E-state index in [0.29, 0.717) is 12.8 Å². The van der Waals surface area contributed by atoms with Gasteiger partial charge in [0.25, 0.3) is 0 Å². The van der Waals surface area contributed by atoms with Crippen LogP contribution in [0, 0.1) is 23.7 Å². The quantitative estimate of drug-likeness (QED) is 0.298. The Hall–Kier alpha value is -5.14. The maximum absolute atomic E-state index is 12.3. The minimum absolute atomic E-state index is 0.127. The fourth-order valence-corrected chi connectivity index (χ4v) is 5.47. The molecule has 2 aromatic rings. The summed E-state index contributed by atoms with van der Waals surface area (Å²) in [7, 11) is 5.12. The fraction of sp³-hybridized carbons (Fsp3) is 0.471. The number of carbonyl (C=O) groups is 6. The molecular weight excluding hydrogens is 628 g/mol. The first kappa shape index (κ1) is 37.3. The lowest BCUT2D eigenvalue weighted by Crippen LogP contribution is -2.48. The first-order valence-corrected chi connectivity index (χ1v) is 15.3. The fourth-order valence-electron chi connectivity index (χ4n) is 5.47. The van der Waals surface area contributed by atoms with E-state index in [4.69, 9.17) is 28.4 Å². The Balaban J connectivity index is 0.000000260. The van der Waals surface area contributed by atoms with Gasteiger partial charge in [-0.05, 0) is 24.0 Å². The highest BCUT2D eigenvalue weighted by Crippen LogP contribution is 2.26. The molecule has 0 bridgehead atoms. The summed E-state index contributed by atoms with van der Waals surface area (Å²) in [4.78, 5) is 74.6. The van der Waals surface area contributed by atoms with Gasteiger partial charge >= 0.3 is 36.1 Å². The summed E-state index contributed by atoms with van der Waals surface area (Å²) >= 11 is 0. The third-order valence-electron chi connectivity index (χ3n) is 7.97. The van der Waals surface area contributed by atoms with Crippen molar-refractivity contribution >= 4 is 36.1 Å². The van der Waals surface area contributed by atoms with Gasteiger partial charge in [0, 0.05) is 26.2 Å². The van der Waals surface area contributed by atoms with E-state index in [2.05, 4.69) is 0 Å². The first-order valence-electron chi connectivity index (χ1n) is 15.3. The summed E-state index contributed by atoms with van der Waals surface area (Å²) in [6.07, 6.45) is -0.549. The molecule has 14 nitrogen and oxygen atoms in total. The number of likely N-dealkylation sites (tertiary alicyclic amines) is 2. The van der Waals surface area contributed by atoms with Gasteiger partial charge in [0.15, 0.2) is 0 Å². The van der Waals surface area contributed by atoms with E-state index in [1.807, 2.05) is 60.7 Å². The van der Waals surface area contributed by atoms with Crippen LogP contribution in [0.4, 0.5) is 9.59 Å². The van der Waals surface area contributed by atoms with Crippen molar-refractivity contribution in [3.05, 3.63) is 71.8 Å².